The molecule has 0 N–H and O–H groups in total. The second-order valence-electron chi connectivity index (χ2n) is 4.96. The molecule has 0 spiro atoms. The van der Waals surface area contributed by atoms with E-state index in [0.717, 1.165) is 22.2 Å². The SMILES string of the molecule is CCCCC(C)n1c(CCCl)nc2ccc(Br)cc21. The van der Waals surface area contributed by atoms with E-state index in [1.807, 2.05) is 6.07 Å². The lowest BCUT2D eigenvalue weighted by Gasteiger charge is -2.17. The molecule has 0 radical (unpaired) electrons. The number of hydrogen-bond acceptors (Lipinski definition) is 1. The van der Waals surface area contributed by atoms with Crippen molar-refractivity contribution >= 4 is 38.6 Å². The molecule has 4 heteroatoms. The molecule has 1 heterocycles. The molecule has 19 heavy (non-hydrogen) atoms. The van der Waals surface area contributed by atoms with Gasteiger partial charge in [0.05, 0.1) is 11.0 Å². The van der Waals surface area contributed by atoms with Crippen LogP contribution in [0.5, 0.6) is 0 Å². The number of aryl methyl sites for hydroxylation is 1. The normalized spacial score (nSPS) is 13.1. The van der Waals surface area contributed by atoms with Crippen LogP contribution < -0.4 is 0 Å². The van der Waals surface area contributed by atoms with Crippen molar-refractivity contribution < 1.29 is 0 Å². The quantitative estimate of drug-likeness (QED) is 0.648. The molecule has 0 aliphatic rings. The first kappa shape index (κ1) is 14.9. The van der Waals surface area contributed by atoms with Crippen molar-refractivity contribution in [1.29, 1.82) is 0 Å². The van der Waals surface area contributed by atoms with Crippen LogP contribution in [-0.4, -0.2) is 15.4 Å². The first-order valence-corrected chi connectivity index (χ1v) is 8.22. The molecule has 0 fully saturated rings. The van der Waals surface area contributed by atoms with Crippen LogP contribution in [0.3, 0.4) is 0 Å². The molecule has 1 atom stereocenters. The van der Waals surface area contributed by atoms with E-state index in [0.29, 0.717) is 11.9 Å². The highest BCUT2D eigenvalue weighted by atomic mass is 79.9. The van der Waals surface area contributed by atoms with Gasteiger partial charge in [-0.2, -0.15) is 0 Å². The molecular formula is C15H20BrClN2. The maximum Gasteiger partial charge on any atom is 0.111 e. The van der Waals surface area contributed by atoms with E-state index in [1.54, 1.807) is 0 Å². The van der Waals surface area contributed by atoms with Crippen LogP contribution in [0, 0.1) is 0 Å². The first-order chi connectivity index (χ1) is 9.17. The number of nitrogens with zero attached hydrogens (tertiary/aromatic N) is 2. The Morgan fingerprint density at radius 1 is 1.42 bits per heavy atom. The fraction of sp³-hybridized carbons (Fsp3) is 0.533. The van der Waals surface area contributed by atoms with Gasteiger partial charge in [0.25, 0.3) is 0 Å². The molecule has 0 aliphatic carbocycles. The predicted octanol–water partition coefficient (Wildman–Crippen LogP) is 5.33. The van der Waals surface area contributed by atoms with Crippen LogP contribution in [0.25, 0.3) is 11.0 Å². The first-order valence-electron chi connectivity index (χ1n) is 6.89. The van der Waals surface area contributed by atoms with Gasteiger partial charge in [-0.3, -0.25) is 0 Å². The minimum atomic E-state index is 0.470. The lowest BCUT2D eigenvalue weighted by Crippen LogP contribution is -2.10. The summed E-state index contributed by atoms with van der Waals surface area (Å²) in [6.07, 6.45) is 4.48. The van der Waals surface area contributed by atoms with E-state index in [-0.39, 0.29) is 0 Å². The fourth-order valence-corrected chi connectivity index (χ4v) is 3.02. The second-order valence-corrected chi connectivity index (χ2v) is 6.25. The van der Waals surface area contributed by atoms with Crippen LogP contribution in [0.2, 0.25) is 0 Å². The van der Waals surface area contributed by atoms with Crippen LogP contribution in [0.4, 0.5) is 0 Å². The average Bonchev–Trinajstić information content (AvgIpc) is 2.73. The van der Waals surface area contributed by atoms with Gasteiger partial charge in [0, 0.05) is 22.8 Å². The molecular weight excluding hydrogens is 324 g/mol. The maximum absolute atomic E-state index is 5.91. The van der Waals surface area contributed by atoms with Crippen LogP contribution in [0.15, 0.2) is 22.7 Å². The standard InChI is InChI=1S/C15H20BrClN2/c1-3-4-5-11(2)19-14-10-12(16)6-7-13(14)18-15(19)8-9-17/h6-7,10-11H,3-5,8-9H2,1-2H3. The number of unbranched alkanes of at least 4 members (excludes halogenated alkanes) is 1. The third-order valence-electron chi connectivity index (χ3n) is 3.46. The zero-order valence-electron chi connectivity index (χ0n) is 11.5. The van der Waals surface area contributed by atoms with Crippen molar-refractivity contribution in [3.8, 4) is 0 Å². The molecule has 0 aliphatic heterocycles. The van der Waals surface area contributed by atoms with Gasteiger partial charge in [0.2, 0.25) is 0 Å². The van der Waals surface area contributed by atoms with Crippen molar-refractivity contribution in [3.05, 3.63) is 28.5 Å². The Morgan fingerprint density at radius 3 is 2.89 bits per heavy atom. The van der Waals surface area contributed by atoms with Crippen LogP contribution in [-0.2, 0) is 6.42 Å². The Balaban J connectivity index is 2.46. The molecule has 0 amide bonds. The highest BCUT2D eigenvalue weighted by molar-refractivity contribution is 9.10. The number of hydrogen-bond donors (Lipinski definition) is 0. The van der Waals surface area contributed by atoms with E-state index in [4.69, 9.17) is 16.6 Å². The lowest BCUT2D eigenvalue weighted by molar-refractivity contribution is 0.482. The summed E-state index contributed by atoms with van der Waals surface area (Å²) in [6.45, 7) is 4.50. The maximum atomic E-state index is 5.91. The molecule has 0 saturated heterocycles. The van der Waals surface area contributed by atoms with Gasteiger partial charge in [-0.25, -0.2) is 4.98 Å². The van der Waals surface area contributed by atoms with Crippen molar-refractivity contribution in [2.75, 3.05) is 5.88 Å². The number of alkyl halides is 1. The summed E-state index contributed by atoms with van der Waals surface area (Å²) < 4.78 is 3.46. The van der Waals surface area contributed by atoms with E-state index < -0.39 is 0 Å². The monoisotopic (exact) mass is 342 g/mol. The largest absolute Gasteiger partial charge is 0.325 e. The summed E-state index contributed by atoms with van der Waals surface area (Å²) >= 11 is 9.46. The Kier molecular flexibility index (Phi) is 5.28. The summed E-state index contributed by atoms with van der Waals surface area (Å²) in [5.41, 5.74) is 2.27. The molecule has 2 rings (SSSR count). The molecule has 1 aromatic heterocycles. The Hall–Kier alpha value is -0.540. The van der Waals surface area contributed by atoms with Crippen molar-refractivity contribution in [2.24, 2.45) is 0 Å². The van der Waals surface area contributed by atoms with E-state index in [1.165, 1.54) is 24.8 Å². The van der Waals surface area contributed by atoms with E-state index >= 15 is 0 Å². The van der Waals surface area contributed by atoms with E-state index in [2.05, 4.69) is 46.5 Å². The molecule has 2 nitrogen and oxygen atoms in total. The third kappa shape index (κ3) is 3.32. The number of halogens is 2. The van der Waals surface area contributed by atoms with Crippen LogP contribution in [0.1, 0.15) is 45.0 Å². The molecule has 0 saturated carbocycles. The molecule has 2 aromatic rings. The Bertz CT molecular complexity index is 550. The summed E-state index contributed by atoms with van der Waals surface area (Å²) in [4.78, 5) is 4.73. The Labute approximate surface area is 128 Å². The van der Waals surface area contributed by atoms with Gasteiger partial charge in [-0.05, 0) is 31.5 Å². The van der Waals surface area contributed by atoms with Gasteiger partial charge in [-0.15, -0.1) is 11.6 Å². The van der Waals surface area contributed by atoms with Gasteiger partial charge < -0.3 is 4.57 Å². The highest BCUT2D eigenvalue weighted by Crippen LogP contribution is 2.27. The average molecular weight is 344 g/mol. The van der Waals surface area contributed by atoms with Crippen molar-refractivity contribution in [3.63, 3.8) is 0 Å². The van der Waals surface area contributed by atoms with Gasteiger partial charge in [0.1, 0.15) is 5.82 Å². The molecule has 1 aromatic carbocycles. The molecule has 1 unspecified atom stereocenters. The van der Waals surface area contributed by atoms with Gasteiger partial charge in [0.15, 0.2) is 0 Å². The summed E-state index contributed by atoms with van der Waals surface area (Å²) in [5.74, 6) is 1.72. The summed E-state index contributed by atoms with van der Waals surface area (Å²) in [7, 11) is 0. The summed E-state index contributed by atoms with van der Waals surface area (Å²) in [5, 5.41) is 0. The third-order valence-corrected chi connectivity index (χ3v) is 4.14. The number of benzene rings is 1. The topological polar surface area (TPSA) is 17.8 Å². The Morgan fingerprint density at radius 2 is 2.21 bits per heavy atom. The van der Waals surface area contributed by atoms with Crippen LogP contribution >= 0.6 is 27.5 Å². The number of imidazole rings is 1. The number of rotatable bonds is 6. The van der Waals surface area contributed by atoms with Crippen molar-refractivity contribution in [2.45, 2.75) is 45.6 Å². The number of fused-ring (bicyclic) bond motifs is 1. The second kappa shape index (κ2) is 6.76. The highest BCUT2D eigenvalue weighted by Gasteiger charge is 2.15. The fourth-order valence-electron chi connectivity index (χ4n) is 2.50. The predicted molar refractivity (Wildman–Crippen MR) is 86.1 cm³/mol. The summed E-state index contributed by atoms with van der Waals surface area (Å²) in [6, 6.07) is 6.74. The zero-order valence-corrected chi connectivity index (χ0v) is 13.8. The smallest absolute Gasteiger partial charge is 0.111 e. The van der Waals surface area contributed by atoms with E-state index in [9.17, 15) is 0 Å². The van der Waals surface area contributed by atoms with Crippen molar-refractivity contribution in [1.82, 2.24) is 9.55 Å². The van der Waals surface area contributed by atoms with Gasteiger partial charge in [-0.1, -0.05) is 35.7 Å². The molecule has 104 valence electrons. The zero-order chi connectivity index (χ0) is 13.8. The minimum absolute atomic E-state index is 0.470. The number of aromatic nitrogens is 2. The van der Waals surface area contributed by atoms with Gasteiger partial charge >= 0.3 is 0 Å². The minimum Gasteiger partial charge on any atom is -0.325 e. The lowest BCUT2D eigenvalue weighted by atomic mass is 10.1. The molecule has 0 bridgehead atoms.